The number of anilines is 1. The molecule has 1 amide bonds. The molecule has 0 aliphatic carbocycles. The molecular weight excluding hydrogens is 356 g/mol. The minimum atomic E-state index is -0.716. The lowest BCUT2D eigenvalue weighted by atomic mass is 10.0. The van der Waals surface area contributed by atoms with E-state index in [-0.39, 0.29) is 18.3 Å². The number of aromatic nitrogens is 3. The molecule has 2 heterocycles. The number of rotatable bonds is 5. The van der Waals surface area contributed by atoms with Gasteiger partial charge in [0.2, 0.25) is 11.7 Å². The maximum absolute atomic E-state index is 12.6. The lowest BCUT2D eigenvalue weighted by molar-refractivity contribution is -0.116. The summed E-state index contributed by atoms with van der Waals surface area (Å²) in [6, 6.07) is 22.4. The van der Waals surface area contributed by atoms with Crippen LogP contribution in [0, 0.1) is 0 Å². The quantitative estimate of drug-likeness (QED) is 0.581. The summed E-state index contributed by atoms with van der Waals surface area (Å²) < 4.78 is 5.89. The average Bonchev–Trinajstić information content (AvgIpc) is 3.10. The second-order valence-electron chi connectivity index (χ2n) is 6.03. The summed E-state index contributed by atoms with van der Waals surface area (Å²) >= 11 is 0. The summed E-state index contributed by atoms with van der Waals surface area (Å²) in [7, 11) is 0. The number of amides is 1. The molecule has 7 heteroatoms. The van der Waals surface area contributed by atoms with E-state index in [1.807, 2.05) is 54.6 Å². The molecule has 0 saturated carbocycles. The number of benzene rings is 2. The first-order chi connectivity index (χ1) is 13.7. The van der Waals surface area contributed by atoms with Crippen molar-refractivity contribution < 1.29 is 9.32 Å². The van der Waals surface area contributed by atoms with Gasteiger partial charge in [-0.15, -0.1) is 0 Å². The van der Waals surface area contributed by atoms with Crippen molar-refractivity contribution in [3.63, 3.8) is 0 Å². The molecule has 7 nitrogen and oxygen atoms in total. The summed E-state index contributed by atoms with van der Waals surface area (Å²) in [5.41, 5.74) is 2.97. The average molecular weight is 372 g/mol. The Labute approximate surface area is 160 Å². The molecule has 1 N–H and O–H groups in total. The van der Waals surface area contributed by atoms with Crippen molar-refractivity contribution in [3.8, 4) is 22.6 Å². The zero-order chi connectivity index (χ0) is 19.3. The fourth-order valence-electron chi connectivity index (χ4n) is 2.88. The predicted molar refractivity (Wildman–Crippen MR) is 105 cm³/mol. The number of carbonyl (C=O) groups excluding carboxylic acids is 1. The van der Waals surface area contributed by atoms with E-state index in [4.69, 9.17) is 4.52 Å². The van der Waals surface area contributed by atoms with Gasteiger partial charge in [0, 0.05) is 17.4 Å². The Balaban J connectivity index is 1.59. The highest BCUT2D eigenvalue weighted by atomic mass is 16.5. The molecule has 4 rings (SSSR count). The van der Waals surface area contributed by atoms with Gasteiger partial charge in [-0.2, -0.15) is 0 Å². The summed E-state index contributed by atoms with van der Waals surface area (Å²) in [4.78, 5) is 28.8. The Hall–Kier alpha value is -4.00. The van der Waals surface area contributed by atoms with Gasteiger partial charge in [0.1, 0.15) is 12.2 Å². The summed E-state index contributed by atoms with van der Waals surface area (Å²) in [6.07, 6.45) is 1.58. The smallest absolute Gasteiger partial charge is 0.324 e. The van der Waals surface area contributed by atoms with Crippen LogP contribution >= 0.6 is 0 Å². The maximum Gasteiger partial charge on any atom is 0.442 e. The minimum Gasteiger partial charge on any atom is -0.324 e. The molecule has 2 aromatic heterocycles. The second kappa shape index (κ2) is 7.71. The molecule has 0 atom stereocenters. The van der Waals surface area contributed by atoms with Crippen LogP contribution in [-0.4, -0.2) is 20.6 Å². The molecule has 0 radical (unpaired) electrons. The van der Waals surface area contributed by atoms with Gasteiger partial charge >= 0.3 is 5.76 Å². The van der Waals surface area contributed by atoms with E-state index in [0.717, 1.165) is 15.7 Å². The van der Waals surface area contributed by atoms with Gasteiger partial charge in [-0.05, 0) is 23.8 Å². The van der Waals surface area contributed by atoms with E-state index in [9.17, 15) is 9.59 Å². The highest BCUT2D eigenvalue weighted by molar-refractivity contribution is 5.95. The van der Waals surface area contributed by atoms with Crippen LogP contribution in [0.15, 0.2) is 88.3 Å². The van der Waals surface area contributed by atoms with Crippen LogP contribution in [0.1, 0.15) is 0 Å². The molecule has 0 aliphatic rings. The maximum atomic E-state index is 12.6. The van der Waals surface area contributed by atoms with Crippen LogP contribution in [0.25, 0.3) is 22.6 Å². The van der Waals surface area contributed by atoms with Crippen molar-refractivity contribution in [1.29, 1.82) is 0 Å². The molecule has 0 fully saturated rings. The number of nitrogens with one attached hydrogen (secondary N) is 1. The number of pyridine rings is 1. The third kappa shape index (κ3) is 3.59. The van der Waals surface area contributed by atoms with E-state index < -0.39 is 5.76 Å². The standard InChI is InChI=1S/C21H16N4O3/c26-19(14-25-20(24-28-21(25)27)18-12-6-7-13-22-18)23-17-11-5-4-10-16(17)15-8-2-1-3-9-15/h1-13H,14H2,(H,23,26). The summed E-state index contributed by atoms with van der Waals surface area (Å²) in [5, 5.41) is 6.61. The van der Waals surface area contributed by atoms with Crippen LogP contribution in [0.4, 0.5) is 5.69 Å². The Bertz CT molecular complexity index is 1150. The third-order valence-electron chi connectivity index (χ3n) is 4.17. The molecule has 2 aromatic carbocycles. The molecule has 0 spiro atoms. The number of hydrogen-bond acceptors (Lipinski definition) is 5. The predicted octanol–water partition coefficient (Wildman–Crippen LogP) is 3.20. The van der Waals surface area contributed by atoms with Crippen molar-refractivity contribution in [2.45, 2.75) is 6.54 Å². The van der Waals surface area contributed by atoms with E-state index in [2.05, 4.69) is 15.5 Å². The first-order valence-electron chi connectivity index (χ1n) is 8.64. The molecule has 138 valence electrons. The van der Waals surface area contributed by atoms with Crippen molar-refractivity contribution in [2.24, 2.45) is 0 Å². The number of nitrogens with zero attached hydrogens (tertiary/aromatic N) is 3. The Kier molecular flexibility index (Phi) is 4.79. The van der Waals surface area contributed by atoms with Crippen molar-refractivity contribution in [3.05, 3.63) is 89.5 Å². The monoisotopic (exact) mass is 372 g/mol. The van der Waals surface area contributed by atoms with E-state index in [1.165, 1.54) is 0 Å². The van der Waals surface area contributed by atoms with Crippen molar-refractivity contribution in [1.82, 2.24) is 14.7 Å². The first-order valence-corrected chi connectivity index (χ1v) is 8.64. The highest BCUT2D eigenvalue weighted by Gasteiger charge is 2.17. The van der Waals surface area contributed by atoms with E-state index >= 15 is 0 Å². The Morgan fingerprint density at radius 3 is 2.50 bits per heavy atom. The first kappa shape index (κ1) is 17.4. The number of para-hydroxylation sites is 1. The zero-order valence-electron chi connectivity index (χ0n) is 14.8. The van der Waals surface area contributed by atoms with Gasteiger partial charge in [-0.25, -0.2) is 9.36 Å². The normalized spacial score (nSPS) is 10.6. The Morgan fingerprint density at radius 2 is 1.71 bits per heavy atom. The minimum absolute atomic E-state index is 0.206. The molecule has 0 saturated heterocycles. The van der Waals surface area contributed by atoms with E-state index in [0.29, 0.717) is 11.4 Å². The van der Waals surface area contributed by atoms with Crippen molar-refractivity contribution in [2.75, 3.05) is 5.32 Å². The lowest BCUT2D eigenvalue weighted by Gasteiger charge is -2.11. The van der Waals surface area contributed by atoms with Crippen LogP contribution in [-0.2, 0) is 11.3 Å². The fraction of sp³-hybridized carbons (Fsp3) is 0.0476. The summed E-state index contributed by atoms with van der Waals surface area (Å²) in [6.45, 7) is -0.239. The third-order valence-corrected chi connectivity index (χ3v) is 4.17. The van der Waals surface area contributed by atoms with Gasteiger partial charge in [0.15, 0.2) is 0 Å². The van der Waals surface area contributed by atoms with Crippen LogP contribution in [0.3, 0.4) is 0 Å². The fourth-order valence-corrected chi connectivity index (χ4v) is 2.88. The molecule has 0 bridgehead atoms. The largest absolute Gasteiger partial charge is 0.442 e. The summed E-state index contributed by atoms with van der Waals surface area (Å²) in [5.74, 6) is -0.880. The molecular formula is C21H16N4O3. The Morgan fingerprint density at radius 1 is 0.964 bits per heavy atom. The molecule has 4 aromatic rings. The van der Waals surface area contributed by atoms with E-state index in [1.54, 1.807) is 24.4 Å². The topological polar surface area (TPSA) is 90.0 Å². The molecule has 28 heavy (non-hydrogen) atoms. The van der Waals surface area contributed by atoms with Gasteiger partial charge in [-0.1, -0.05) is 59.8 Å². The molecule has 0 unspecified atom stereocenters. The van der Waals surface area contributed by atoms with Gasteiger partial charge in [0.05, 0.1) is 0 Å². The zero-order valence-corrected chi connectivity index (χ0v) is 14.8. The van der Waals surface area contributed by atoms with Crippen LogP contribution < -0.4 is 11.1 Å². The second-order valence-corrected chi connectivity index (χ2v) is 6.03. The molecule has 0 aliphatic heterocycles. The van der Waals surface area contributed by atoms with Crippen LogP contribution in [0.5, 0.6) is 0 Å². The number of hydrogen-bond donors (Lipinski definition) is 1. The SMILES string of the molecule is O=C(Cn1c(-c2ccccn2)noc1=O)Nc1ccccc1-c1ccccc1. The van der Waals surface area contributed by atoms with Crippen molar-refractivity contribution >= 4 is 11.6 Å². The van der Waals surface area contributed by atoms with Gasteiger partial charge in [-0.3, -0.25) is 14.3 Å². The highest BCUT2D eigenvalue weighted by Crippen LogP contribution is 2.27. The van der Waals surface area contributed by atoms with Gasteiger partial charge < -0.3 is 5.32 Å². The van der Waals surface area contributed by atoms with Crippen LogP contribution in [0.2, 0.25) is 0 Å². The number of carbonyl (C=O) groups is 1. The van der Waals surface area contributed by atoms with Gasteiger partial charge in [0.25, 0.3) is 0 Å². The lowest BCUT2D eigenvalue weighted by Crippen LogP contribution is -2.25.